The molecule has 88 valence electrons. The first-order chi connectivity index (χ1) is 6.02. The van der Waals surface area contributed by atoms with Crippen molar-refractivity contribution in [3.8, 4) is 0 Å². The molecule has 0 fully saturated rings. The van der Waals surface area contributed by atoms with Crippen LogP contribution in [0, 0.1) is 0 Å². The second kappa shape index (κ2) is 10.2. The predicted octanol–water partition coefficient (Wildman–Crippen LogP) is -5.36. The largest absolute Gasteiger partial charge is 1.00 e. The molecule has 0 spiro atoms. The number of carbonyl (C=O) groups excluding carboxylic acids is 2. The number of halogens is 2. The van der Waals surface area contributed by atoms with Gasteiger partial charge in [-0.2, -0.15) is 0 Å². The molecule has 0 aliphatic rings. The van der Waals surface area contributed by atoms with Crippen LogP contribution in [0.15, 0.2) is 0 Å². The Labute approximate surface area is 101 Å². The molecule has 7 heteroatoms. The molecule has 0 aromatic rings. The Morgan fingerprint density at radius 1 is 0.933 bits per heavy atom. The van der Waals surface area contributed by atoms with Crippen molar-refractivity contribution in [2.24, 2.45) is 0 Å². The van der Waals surface area contributed by atoms with Crippen LogP contribution in [0.5, 0.6) is 0 Å². The van der Waals surface area contributed by atoms with Gasteiger partial charge in [-0.05, 0) is 0 Å². The summed E-state index contributed by atoms with van der Waals surface area (Å²) >= 11 is -1.17. The number of nitrogens with zero attached hydrogens (tertiary/aromatic N) is 2. The number of hydrogen-bond acceptors (Lipinski definition) is 2. The minimum absolute atomic E-state index is 0. The third-order valence-corrected chi connectivity index (χ3v) is 4.35. The first-order valence-corrected chi connectivity index (χ1v) is 6.52. The monoisotopic (exact) mass is 300 g/mol. The molecule has 15 heavy (non-hydrogen) atoms. The standard InChI is InChI=1S/2C4H9NO.2FH.Zr/c2*1-3-4(6)5-2;;;/h2*3H2,1-2H3,(H,5,6);2*1H;/q;;;;+4/p-4. The maximum absolute atomic E-state index is 11.2. The summed E-state index contributed by atoms with van der Waals surface area (Å²) in [6.07, 6.45) is 1.04. The fourth-order valence-electron chi connectivity index (χ4n) is 0.811. The minimum atomic E-state index is -1.17. The molecule has 0 unspecified atom stereocenters. The average molecular weight is 301 g/mol. The molecule has 0 heterocycles. The van der Waals surface area contributed by atoms with Gasteiger partial charge < -0.3 is 9.41 Å². The summed E-state index contributed by atoms with van der Waals surface area (Å²) < 4.78 is 3.44. The van der Waals surface area contributed by atoms with Crippen LogP contribution < -0.4 is 9.41 Å². The van der Waals surface area contributed by atoms with E-state index in [1.807, 2.05) is 13.8 Å². The second-order valence-corrected chi connectivity index (χ2v) is 6.50. The molecule has 0 saturated heterocycles. The van der Waals surface area contributed by atoms with Crippen molar-refractivity contribution >= 4 is 11.8 Å². The Kier molecular flexibility index (Phi) is 13.7. The van der Waals surface area contributed by atoms with Crippen molar-refractivity contribution in [3.05, 3.63) is 0 Å². The average Bonchev–Trinajstić information content (AvgIpc) is 2.14. The zero-order valence-electron chi connectivity index (χ0n) is 9.38. The maximum Gasteiger partial charge on any atom is -1.00 e. The fourth-order valence-corrected chi connectivity index (χ4v) is 3.24. The molecule has 0 aromatic carbocycles. The summed E-state index contributed by atoms with van der Waals surface area (Å²) in [6, 6.07) is 0. The van der Waals surface area contributed by atoms with Crippen LogP contribution in [0.2, 0.25) is 0 Å². The summed E-state index contributed by atoms with van der Waals surface area (Å²) in [7, 11) is 3.55. The summed E-state index contributed by atoms with van der Waals surface area (Å²) in [5.74, 6) is 0.254. The van der Waals surface area contributed by atoms with Gasteiger partial charge in [0.2, 0.25) is 0 Å². The number of amides is 2. The quantitative estimate of drug-likeness (QED) is 0.520. The van der Waals surface area contributed by atoms with Crippen molar-refractivity contribution in [2.75, 3.05) is 14.1 Å². The van der Waals surface area contributed by atoms with Crippen LogP contribution in [0.4, 0.5) is 0 Å². The van der Waals surface area contributed by atoms with E-state index in [1.54, 1.807) is 19.8 Å². The molecule has 0 bridgehead atoms. The van der Waals surface area contributed by atoms with Crippen molar-refractivity contribution < 1.29 is 42.8 Å². The van der Waals surface area contributed by atoms with E-state index >= 15 is 0 Å². The third kappa shape index (κ3) is 7.59. The van der Waals surface area contributed by atoms with Gasteiger partial charge in [0, 0.05) is 0 Å². The number of carbonyl (C=O) groups is 2. The Morgan fingerprint density at radius 2 is 1.20 bits per heavy atom. The van der Waals surface area contributed by atoms with Crippen molar-refractivity contribution in [3.63, 3.8) is 0 Å². The van der Waals surface area contributed by atoms with Crippen LogP contribution in [0.25, 0.3) is 0 Å². The molecule has 0 aliphatic heterocycles. The minimum Gasteiger partial charge on any atom is -1.00 e. The van der Waals surface area contributed by atoms with Gasteiger partial charge in [-0.15, -0.1) is 0 Å². The summed E-state index contributed by atoms with van der Waals surface area (Å²) in [6.45, 7) is 3.67. The topological polar surface area (TPSA) is 40.6 Å². The van der Waals surface area contributed by atoms with Gasteiger partial charge in [0.1, 0.15) is 0 Å². The van der Waals surface area contributed by atoms with E-state index in [2.05, 4.69) is 0 Å². The summed E-state index contributed by atoms with van der Waals surface area (Å²) in [5, 5.41) is 0. The van der Waals surface area contributed by atoms with Gasteiger partial charge in [0.15, 0.2) is 0 Å². The zero-order valence-corrected chi connectivity index (χ0v) is 11.8. The molecule has 0 aliphatic carbocycles. The van der Waals surface area contributed by atoms with Gasteiger partial charge in [0.05, 0.1) is 0 Å². The van der Waals surface area contributed by atoms with E-state index in [-0.39, 0.29) is 21.2 Å². The Bertz CT molecular complexity index is 185. The smallest absolute Gasteiger partial charge is 1.00 e. The molecule has 0 aromatic heterocycles. The zero-order chi connectivity index (χ0) is 10.4. The van der Waals surface area contributed by atoms with E-state index in [0.29, 0.717) is 12.8 Å². The third-order valence-electron chi connectivity index (χ3n) is 1.65. The van der Waals surface area contributed by atoms with E-state index in [1.165, 1.54) is 0 Å². The first-order valence-electron chi connectivity index (χ1n) is 4.32. The Morgan fingerprint density at radius 3 is 1.40 bits per heavy atom. The Balaban J connectivity index is -0.000000720. The number of rotatable bonds is 4. The van der Waals surface area contributed by atoms with E-state index in [4.69, 9.17) is 0 Å². The molecule has 0 saturated carbocycles. The van der Waals surface area contributed by atoms with Crippen molar-refractivity contribution in [2.45, 2.75) is 26.7 Å². The van der Waals surface area contributed by atoms with Crippen LogP contribution in [0.3, 0.4) is 0 Å². The van der Waals surface area contributed by atoms with Crippen LogP contribution in [-0.2, 0) is 33.4 Å². The second-order valence-electron chi connectivity index (χ2n) is 2.71. The van der Waals surface area contributed by atoms with Crippen LogP contribution in [-0.4, -0.2) is 31.6 Å². The molecule has 4 nitrogen and oxygen atoms in total. The Hall–Kier alpha value is -0.317. The van der Waals surface area contributed by atoms with Gasteiger partial charge in [-0.1, -0.05) is 0 Å². The first kappa shape index (κ1) is 20.1. The van der Waals surface area contributed by atoms with E-state index in [9.17, 15) is 9.59 Å². The van der Waals surface area contributed by atoms with Gasteiger partial charge in [0.25, 0.3) is 0 Å². The van der Waals surface area contributed by atoms with E-state index in [0.717, 1.165) is 0 Å². The van der Waals surface area contributed by atoms with E-state index < -0.39 is 23.8 Å². The predicted molar refractivity (Wildman–Crippen MR) is 46.1 cm³/mol. The molecule has 0 N–H and O–H groups in total. The van der Waals surface area contributed by atoms with Gasteiger partial charge >= 0.3 is 91.7 Å². The SMILES string of the molecule is CCC(=O)[N](C)[Zr+2][N](C)C(=O)CC.[F-].[F-]. The molecular formula is C8H16F2N2O2Zr. The van der Waals surface area contributed by atoms with Crippen LogP contribution in [0.1, 0.15) is 26.7 Å². The molecule has 0 atom stereocenters. The molecule has 0 rings (SSSR count). The summed E-state index contributed by atoms with van der Waals surface area (Å²) in [4.78, 5) is 22.4. The van der Waals surface area contributed by atoms with Crippen LogP contribution >= 0.6 is 0 Å². The fraction of sp³-hybridized carbons (Fsp3) is 0.750. The molecular weight excluding hydrogens is 285 g/mol. The van der Waals surface area contributed by atoms with Crippen molar-refractivity contribution in [1.82, 2.24) is 5.69 Å². The van der Waals surface area contributed by atoms with Crippen molar-refractivity contribution in [1.29, 1.82) is 0 Å². The number of hydrogen-bond donors (Lipinski definition) is 0. The maximum atomic E-state index is 11.2. The molecule has 2 amide bonds. The molecule has 0 radical (unpaired) electrons. The normalized spacial score (nSPS) is 7.73. The van der Waals surface area contributed by atoms with Gasteiger partial charge in [-0.3, -0.25) is 0 Å². The summed E-state index contributed by atoms with van der Waals surface area (Å²) in [5.41, 5.74) is 0. The van der Waals surface area contributed by atoms with Gasteiger partial charge in [-0.25, -0.2) is 0 Å².